The van der Waals surface area contributed by atoms with Gasteiger partial charge in [0.05, 0.1) is 0 Å². The van der Waals surface area contributed by atoms with E-state index >= 15 is 0 Å². The molecular formula is C22H25N3O. The fourth-order valence-corrected chi connectivity index (χ4v) is 4.18. The molecule has 1 saturated heterocycles. The normalized spacial score (nSPS) is 19.8. The number of carbonyl (C=O) groups is 1. The van der Waals surface area contributed by atoms with Gasteiger partial charge in [0.2, 0.25) is 0 Å². The molecule has 0 unspecified atom stereocenters. The molecule has 0 saturated carbocycles. The average molecular weight is 347 g/mol. The van der Waals surface area contributed by atoms with Crippen LogP contribution in [0, 0.1) is 0 Å². The average Bonchev–Trinajstić information content (AvgIpc) is 2.97. The summed E-state index contributed by atoms with van der Waals surface area (Å²) in [6.45, 7) is 4.84. The molecule has 1 fully saturated rings. The minimum absolute atomic E-state index is 0.0394. The first-order chi connectivity index (χ1) is 12.7. The highest BCUT2D eigenvalue weighted by molar-refractivity contribution is 6.16. The van der Waals surface area contributed by atoms with Gasteiger partial charge >= 0.3 is 0 Å². The maximum atomic E-state index is 12.9. The molecule has 4 nitrogen and oxygen atoms in total. The Kier molecular flexibility index (Phi) is 4.60. The molecule has 1 spiro atoms. The minimum atomic E-state index is -0.500. The number of hydrogen-bond acceptors (Lipinski definition) is 3. The van der Waals surface area contributed by atoms with Crippen LogP contribution in [0.3, 0.4) is 0 Å². The first-order valence-corrected chi connectivity index (χ1v) is 9.46. The van der Waals surface area contributed by atoms with Crippen molar-refractivity contribution in [1.82, 2.24) is 4.90 Å². The van der Waals surface area contributed by atoms with Crippen molar-refractivity contribution < 1.29 is 4.79 Å². The van der Waals surface area contributed by atoms with E-state index in [4.69, 9.17) is 0 Å². The third kappa shape index (κ3) is 2.95. The molecule has 0 aliphatic carbocycles. The van der Waals surface area contributed by atoms with Gasteiger partial charge in [0.25, 0.3) is 5.91 Å². The summed E-state index contributed by atoms with van der Waals surface area (Å²) < 4.78 is 0. The number of piperidine rings is 1. The predicted molar refractivity (Wildman–Crippen MR) is 105 cm³/mol. The van der Waals surface area contributed by atoms with Crippen LogP contribution >= 0.6 is 0 Å². The predicted octanol–water partition coefficient (Wildman–Crippen LogP) is 3.88. The van der Waals surface area contributed by atoms with Gasteiger partial charge in [-0.2, -0.15) is 4.99 Å². The van der Waals surface area contributed by atoms with Crippen LogP contribution in [-0.4, -0.2) is 35.3 Å². The molecule has 26 heavy (non-hydrogen) atoms. The van der Waals surface area contributed by atoms with Crippen molar-refractivity contribution in [2.45, 2.75) is 38.3 Å². The van der Waals surface area contributed by atoms with Gasteiger partial charge in [-0.25, -0.2) is 0 Å². The van der Waals surface area contributed by atoms with E-state index in [1.807, 2.05) is 24.3 Å². The first kappa shape index (κ1) is 17.0. The lowest BCUT2D eigenvalue weighted by molar-refractivity contribution is -0.123. The van der Waals surface area contributed by atoms with Gasteiger partial charge in [0.1, 0.15) is 11.4 Å². The highest BCUT2D eigenvalue weighted by atomic mass is 16.2. The van der Waals surface area contributed by atoms with E-state index in [-0.39, 0.29) is 5.91 Å². The summed E-state index contributed by atoms with van der Waals surface area (Å²) in [5.74, 6) is 0.940. The van der Waals surface area contributed by atoms with Gasteiger partial charge in [0.15, 0.2) is 0 Å². The Morgan fingerprint density at radius 1 is 0.962 bits per heavy atom. The number of benzene rings is 2. The second-order valence-corrected chi connectivity index (χ2v) is 7.15. The topological polar surface area (TPSA) is 35.9 Å². The number of nitrogens with zero attached hydrogens (tertiary/aromatic N) is 3. The number of aliphatic imine (C=N–C) groups is 1. The molecule has 2 aromatic carbocycles. The number of carbonyl (C=O) groups excluding carboxylic acids is 1. The molecule has 0 atom stereocenters. The molecule has 0 bridgehead atoms. The van der Waals surface area contributed by atoms with E-state index in [0.29, 0.717) is 0 Å². The van der Waals surface area contributed by atoms with Crippen molar-refractivity contribution in [2.24, 2.45) is 4.99 Å². The molecule has 4 heteroatoms. The van der Waals surface area contributed by atoms with Crippen LogP contribution in [-0.2, 0) is 11.3 Å². The molecule has 0 radical (unpaired) electrons. The molecule has 4 rings (SSSR count). The Morgan fingerprint density at radius 2 is 1.58 bits per heavy atom. The quantitative estimate of drug-likeness (QED) is 0.842. The van der Waals surface area contributed by atoms with Gasteiger partial charge in [-0.15, -0.1) is 0 Å². The SMILES string of the molecule is CCC1=NC(=O)C2(CCN(Cc3ccccc3)CC2)N1c1ccccc1. The van der Waals surface area contributed by atoms with Crippen molar-refractivity contribution in [3.63, 3.8) is 0 Å². The van der Waals surface area contributed by atoms with Gasteiger partial charge in [-0.05, 0) is 30.5 Å². The summed E-state index contributed by atoms with van der Waals surface area (Å²) in [5, 5.41) is 0. The zero-order valence-corrected chi connectivity index (χ0v) is 15.3. The molecule has 2 aliphatic heterocycles. The molecule has 2 heterocycles. The second kappa shape index (κ2) is 7.04. The minimum Gasteiger partial charge on any atom is -0.314 e. The van der Waals surface area contributed by atoms with Gasteiger partial charge < -0.3 is 4.90 Å². The Labute approximate surface area is 155 Å². The van der Waals surface area contributed by atoms with E-state index in [9.17, 15) is 4.79 Å². The fraction of sp³-hybridized carbons (Fsp3) is 0.364. The van der Waals surface area contributed by atoms with Crippen LogP contribution in [0.4, 0.5) is 5.69 Å². The molecular weight excluding hydrogens is 322 g/mol. The number of rotatable bonds is 4. The summed E-state index contributed by atoms with van der Waals surface area (Å²) in [7, 11) is 0. The summed E-state index contributed by atoms with van der Waals surface area (Å²) in [4.78, 5) is 22.0. The van der Waals surface area contributed by atoms with Crippen LogP contribution in [0.15, 0.2) is 65.7 Å². The van der Waals surface area contributed by atoms with Gasteiger partial charge in [0, 0.05) is 31.7 Å². The molecule has 0 aromatic heterocycles. The van der Waals surface area contributed by atoms with E-state index in [0.717, 1.165) is 50.4 Å². The smallest absolute Gasteiger partial charge is 0.273 e. The molecule has 0 N–H and O–H groups in total. The van der Waals surface area contributed by atoms with Crippen molar-refractivity contribution in [2.75, 3.05) is 18.0 Å². The highest BCUT2D eigenvalue weighted by Gasteiger charge is 2.51. The van der Waals surface area contributed by atoms with Crippen molar-refractivity contribution in [3.05, 3.63) is 66.2 Å². The van der Waals surface area contributed by atoms with Crippen molar-refractivity contribution in [3.8, 4) is 0 Å². The highest BCUT2D eigenvalue weighted by Crippen LogP contribution is 2.39. The third-order valence-corrected chi connectivity index (χ3v) is 5.58. The number of anilines is 1. The summed E-state index contributed by atoms with van der Waals surface area (Å²) in [6.07, 6.45) is 2.41. The fourth-order valence-electron chi connectivity index (χ4n) is 4.18. The van der Waals surface area contributed by atoms with Crippen LogP contribution in [0.2, 0.25) is 0 Å². The molecule has 2 aromatic rings. The first-order valence-electron chi connectivity index (χ1n) is 9.46. The lowest BCUT2D eigenvalue weighted by Crippen LogP contribution is -2.58. The monoisotopic (exact) mass is 347 g/mol. The second-order valence-electron chi connectivity index (χ2n) is 7.15. The van der Waals surface area contributed by atoms with Crippen LogP contribution in [0.1, 0.15) is 31.7 Å². The maximum Gasteiger partial charge on any atom is 0.273 e. The van der Waals surface area contributed by atoms with Crippen molar-refractivity contribution >= 4 is 17.4 Å². The van der Waals surface area contributed by atoms with Gasteiger partial charge in [-0.3, -0.25) is 9.69 Å². The lowest BCUT2D eigenvalue weighted by Gasteiger charge is -2.44. The molecule has 134 valence electrons. The Bertz CT molecular complexity index is 793. The van der Waals surface area contributed by atoms with E-state index in [1.165, 1.54) is 5.56 Å². The molecule has 1 amide bonds. The zero-order chi connectivity index (χ0) is 18.0. The summed E-state index contributed by atoms with van der Waals surface area (Å²) in [5.41, 5.74) is 1.90. The summed E-state index contributed by atoms with van der Waals surface area (Å²) >= 11 is 0. The zero-order valence-electron chi connectivity index (χ0n) is 15.3. The number of hydrogen-bond donors (Lipinski definition) is 0. The van der Waals surface area contributed by atoms with E-state index in [1.54, 1.807) is 0 Å². The number of para-hydroxylation sites is 1. The number of likely N-dealkylation sites (tertiary alicyclic amines) is 1. The van der Waals surface area contributed by atoms with Crippen molar-refractivity contribution in [1.29, 1.82) is 0 Å². The molecule has 2 aliphatic rings. The third-order valence-electron chi connectivity index (χ3n) is 5.58. The van der Waals surface area contributed by atoms with Crippen LogP contribution in [0.5, 0.6) is 0 Å². The maximum absolute atomic E-state index is 12.9. The van der Waals surface area contributed by atoms with E-state index in [2.05, 4.69) is 58.1 Å². The standard InChI is InChI=1S/C22H25N3O/c1-2-20-23-21(26)22(25(20)19-11-7-4-8-12-19)13-15-24(16-14-22)17-18-9-5-3-6-10-18/h3-12H,2,13-17H2,1H3. The van der Waals surface area contributed by atoms with Crippen LogP contribution in [0.25, 0.3) is 0 Å². The largest absolute Gasteiger partial charge is 0.314 e. The van der Waals surface area contributed by atoms with Gasteiger partial charge in [-0.1, -0.05) is 55.5 Å². The lowest BCUT2D eigenvalue weighted by atomic mass is 9.85. The number of amides is 1. The Balaban J connectivity index is 1.55. The van der Waals surface area contributed by atoms with E-state index < -0.39 is 5.54 Å². The van der Waals surface area contributed by atoms with Crippen LogP contribution < -0.4 is 4.90 Å². The number of amidine groups is 1. The summed E-state index contributed by atoms with van der Waals surface area (Å²) in [6, 6.07) is 20.8. The Morgan fingerprint density at radius 3 is 2.19 bits per heavy atom. The Hall–Kier alpha value is -2.46.